The van der Waals surface area contributed by atoms with Crippen LogP contribution < -0.4 is 5.32 Å². The maximum atomic E-state index is 11.3. The normalized spacial score (nSPS) is 31.7. The van der Waals surface area contributed by atoms with Crippen molar-refractivity contribution in [2.24, 2.45) is 5.92 Å². The summed E-state index contributed by atoms with van der Waals surface area (Å²) in [6.45, 7) is 4.24. The average Bonchev–Trinajstić information content (AvgIpc) is 2.02. The SMILES string of the molecule is CC1(C)NC(=O)SC2=CCCCC21. The van der Waals surface area contributed by atoms with E-state index in [4.69, 9.17) is 0 Å². The second kappa shape index (κ2) is 3.05. The molecule has 2 aliphatic rings. The number of hydrogen-bond acceptors (Lipinski definition) is 2. The Morgan fingerprint density at radius 1 is 1.62 bits per heavy atom. The highest BCUT2D eigenvalue weighted by molar-refractivity contribution is 8.16. The van der Waals surface area contributed by atoms with Crippen LogP contribution in [0, 0.1) is 5.92 Å². The number of carbonyl (C=O) groups is 1. The summed E-state index contributed by atoms with van der Waals surface area (Å²) in [6, 6.07) is 0. The number of amides is 1. The van der Waals surface area contributed by atoms with Crippen LogP contribution in [0.15, 0.2) is 11.0 Å². The molecule has 1 heterocycles. The molecule has 1 atom stereocenters. The van der Waals surface area contributed by atoms with Gasteiger partial charge in [-0.05, 0) is 49.8 Å². The molecule has 0 radical (unpaired) electrons. The molecule has 1 aliphatic carbocycles. The molecule has 0 aromatic rings. The first kappa shape index (κ1) is 9.13. The van der Waals surface area contributed by atoms with E-state index in [1.807, 2.05) is 0 Å². The molecule has 1 fully saturated rings. The first-order chi connectivity index (χ1) is 6.09. The third-order valence-corrected chi connectivity index (χ3v) is 3.87. The molecule has 1 amide bonds. The van der Waals surface area contributed by atoms with Gasteiger partial charge in [0.15, 0.2) is 0 Å². The molecule has 0 aromatic heterocycles. The highest BCUT2D eigenvalue weighted by Crippen LogP contribution is 2.43. The first-order valence-corrected chi connectivity index (χ1v) is 5.61. The summed E-state index contributed by atoms with van der Waals surface area (Å²) in [5.74, 6) is 0.545. The van der Waals surface area contributed by atoms with Gasteiger partial charge in [0.1, 0.15) is 0 Å². The van der Waals surface area contributed by atoms with E-state index < -0.39 is 0 Å². The molecule has 2 rings (SSSR count). The van der Waals surface area contributed by atoms with Crippen molar-refractivity contribution in [1.29, 1.82) is 0 Å². The highest BCUT2D eigenvalue weighted by Gasteiger charge is 2.39. The Labute approximate surface area is 83.2 Å². The van der Waals surface area contributed by atoms with Crippen LogP contribution in [0.3, 0.4) is 0 Å². The number of allylic oxidation sites excluding steroid dienone is 1. The zero-order valence-electron chi connectivity index (χ0n) is 8.09. The van der Waals surface area contributed by atoms with E-state index in [-0.39, 0.29) is 10.8 Å². The van der Waals surface area contributed by atoms with E-state index in [2.05, 4.69) is 25.2 Å². The number of carbonyl (C=O) groups excluding carboxylic acids is 1. The summed E-state index contributed by atoms with van der Waals surface area (Å²) in [5.41, 5.74) is -0.0470. The maximum Gasteiger partial charge on any atom is 0.283 e. The maximum absolute atomic E-state index is 11.3. The van der Waals surface area contributed by atoms with Crippen molar-refractivity contribution in [2.45, 2.75) is 38.6 Å². The summed E-state index contributed by atoms with van der Waals surface area (Å²) in [5, 5.41) is 3.14. The van der Waals surface area contributed by atoms with Crippen molar-refractivity contribution in [1.82, 2.24) is 5.32 Å². The second-order valence-corrected chi connectivity index (χ2v) is 5.37. The molecule has 72 valence electrons. The molecular formula is C10H15NOS. The van der Waals surface area contributed by atoms with Gasteiger partial charge in [-0.15, -0.1) is 0 Å². The van der Waals surface area contributed by atoms with E-state index in [0.717, 1.165) is 6.42 Å². The molecule has 0 spiro atoms. The molecule has 3 heteroatoms. The van der Waals surface area contributed by atoms with E-state index in [1.165, 1.54) is 29.5 Å². The summed E-state index contributed by atoms with van der Waals surface area (Å²) < 4.78 is 0. The molecule has 0 saturated carbocycles. The molecule has 1 saturated heterocycles. The minimum absolute atomic E-state index is 0.0470. The van der Waals surface area contributed by atoms with Gasteiger partial charge < -0.3 is 5.32 Å². The van der Waals surface area contributed by atoms with E-state index in [9.17, 15) is 4.79 Å². The van der Waals surface area contributed by atoms with Crippen molar-refractivity contribution >= 4 is 17.0 Å². The quantitative estimate of drug-likeness (QED) is 0.647. The van der Waals surface area contributed by atoms with Crippen molar-refractivity contribution in [3.8, 4) is 0 Å². The molecule has 1 aliphatic heterocycles. The Balaban J connectivity index is 2.29. The Hall–Kier alpha value is -0.440. The molecule has 2 nitrogen and oxygen atoms in total. The Bertz CT molecular complexity index is 270. The van der Waals surface area contributed by atoms with Crippen LogP contribution in [0.2, 0.25) is 0 Å². The predicted octanol–water partition coefficient (Wildman–Crippen LogP) is 2.91. The number of hydrogen-bond donors (Lipinski definition) is 1. The Kier molecular flexibility index (Phi) is 2.14. The second-order valence-electron chi connectivity index (χ2n) is 4.33. The van der Waals surface area contributed by atoms with Crippen LogP contribution in [0.5, 0.6) is 0 Å². The Morgan fingerprint density at radius 2 is 2.38 bits per heavy atom. The van der Waals surface area contributed by atoms with Crippen LogP contribution in [0.1, 0.15) is 33.1 Å². The molecule has 1 N–H and O–H groups in total. The fraction of sp³-hybridized carbons (Fsp3) is 0.700. The smallest absolute Gasteiger partial charge is 0.283 e. The number of fused-ring (bicyclic) bond motifs is 1. The minimum Gasteiger partial charge on any atom is -0.341 e. The lowest BCUT2D eigenvalue weighted by Gasteiger charge is -2.42. The topological polar surface area (TPSA) is 29.1 Å². The van der Waals surface area contributed by atoms with Crippen molar-refractivity contribution in [3.05, 3.63) is 11.0 Å². The molecule has 1 unspecified atom stereocenters. The van der Waals surface area contributed by atoms with Crippen LogP contribution in [-0.4, -0.2) is 10.8 Å². The van der Waals surface area contributed by atoms with Crippen LogP contribution in [0.4, 0.5) is 4.79 Å². The van der Waals surface area contributed by atoms with Crippen LogP contribution in [0.25, 0.3) is 0 Å². The van der Waals surface area contributed by atoms with E-state index >= 15 is 0 Å². The molecular weight excluding hydrogens is 182 g/mol. The number of thioether (sulfide) groups is 1. The Morgan fingerprint density at radius 3 is 3.15 bits per heavy atom. The van der Waals surface area contributed by atoms with Gasteiger partial charge in [0.05, 0.1) is 0 Å². The van der Waals surface area contributed by atoms with Gasteiger partial charge in [-0.3, -0.25) is 4.79 Å². The van der Waals surface area contributed by atoms with Gasteiger partial charge in [0, 0.05) is 11.5 Å². The van der Waals surface area contributed by atoms with Crippen LogP contribution in [-0.2, 0) is 0 Å². The minimum atomic E-state index is -0.0470. The third-order valence-electron chi connectivity index (χ3n) is 2.89. The van der Waals surface area contributed by atoms with Gasteiger partial charge in [-0.1, -0.05) is 6.08 Å². The van der Waals surface area contributed by atoms with Crippen LogP contribution >= 0.6 is 11.8 Å². The zero-order chi connectivity index (χ0) is 9.47. The summed E-state index contributed by atoms with van der Waals surface area (Å²) in [6.07, 6.45) is 5.85. The molecule has 13 heavy (non-hydrogen) atoms. The highest BCUT2D eigenvalue weighted by atomic mass is 32.2. The fourth-order valence-electron chi connectivity index (χ4n) is 2.16. The average molecular weight is 197 g/mol. The largest absolute Gasteiger partial charge is 0.341 e. The lowest BCUT2D eigenvalue weighted by molar-refractivity contribution is 0.231. The van der Waals surface area contributed by atoms with E-state index in [1.54, 1.807) is 0 Å². The summed E-state index contributed by atoms with van der Waals surface area (Å²) in [4.78, 5) is 12.6. The van der Waals surface area contributed by atoms with Gasteiger partial charge in [0.2, 0.25) is 0 Å². The lowest BCUT2D eigenvalue weighted by Crippen LogP contribution is -2.52. The lowest BCUT2D eigenvalue weighted by atomic mass is 9.80. The predicted molar refractivity (Wildman–Crippen MR) is 55.6 cm³/mol. The monoisotopic (exact) mass is 197 g/mol. The van der Waals surface area contributed by atoms with Gasteiger partial charge in [-0.2, -0.15) is 0 Å². The number of rotatable bonds is 0. The van der Waals surface area contributed by atoms with Crippen molar-refractivity contribution in [3.63, 3.8) is 0 Å². The first-order valence-electron chi connectivity index (χ1n) is 4.79. The van der Waals surface area contributed by atoms with E-state index in [0.29, 0.717) is 5.92 Å². The third kappa shape index (κ3) is 1.62. The van der Waals surface area contributed by atoms with Gasteiger partial charge >= 0.3 is 0 Å². The standard InChI is InChI=1S/C10H15NOS/c1-10(2)7-5-3-4-6-8(7)13-9(12)11-10/h6-7H,3-5H2,1-2H3,(H,11,12). The van der Waals surface area contributed by atoms with Gasteiger partial charge in [0.25, 0.3) is 5.24 Å². The number of nitrogens with one attached hydrogen (secondary N) is 1. The molecule has 0 aromatic carbocycles. The fourth-order valence-corrected chi connectivity index (χ4v) is 3.45. The van der Waals surface area contributed by atoms with Gasteiger partial charge in [-0.25, -0.2) is 0 Å². The summed E-state index contributed by atoms with van der Waals surface area (Å²) in [7, 11) is 0. The van der Waals surface area contributed by atoms with Crippen molar-refractivity contribution in [2.75, 3.05) is 0 Å². The molecule has 0 bridgehead atoms. The summed E-state index contributed by atoms with van der Waals surface area (Å²) >= 11 is 1.38. The van der Waals surface area contributed by atoms with Crippen molar-refractivity contribution < 1.29 is 4.79 Å². The zero-order valence-corrected chi connectivity index (χ0v) is 8.91.